The standard InChI is InChI=1S/C26H25.C22H25.C2H7Si.2ClH.Zr/c1-16-6-17(2)9-21(8-16)22-14-24-12-20(5)13-25(24)26(15-22)23-10-18(3)7-19(4)11-23;1-15(2)18-13-17-7-6-8-20(21(17)14-18)16-9-11-19(12-10-16)22(3,4)5;1-3-2;;;/h6-15H,1-5H3;6-15H,1-5H3;3H,1-2H3;2*1H;/q;;;;;+2/p-2. The minimum absolute atomic E-state index is 0.0137. The Kier molecular flexibility index (Phi) is 10.3. The van der Waals surface area contributed by atoms with E-state index in [-0.39, 0.29) is 12.7 Å². The molecule has 0 amide bonds. The second-order valence-electron chi connectivity index (χ2n) is 18.3. The first-order valence-corrected chi connectivity index (χ1v) is 36.1. The molecule has 7 rings (SSSR count). The molecule has 0 aliphatic heterocycles. The molecular weight excluding hydrogens is 791 g/mol. The van der Waals surface area contributed by atoms with Gasteiger partial charge in [0.05, 0.1) is 0 Å². The molecule has 5 aromatic rings. The number of allylic oxidation sites excluding steroid dienone is 2. The van der Waals surface area contributed by atoms with Gasteiger partial charge in [0.25, 0.3) is 0 Å². The van der Waals surface area contributed by atoms with Crippen molar-refractivity contribution in [1.29, 1.82) is 0 Å². The Balaban J connectivity index is 1.48. The van der Waals surface area contributed by atoms with E-state index < -0.39 is 21.5 Å². The fourth-order valence-corrected chi connectivity index (χ4v) is 42.0. The molecule has 2 unspecified atom stereocenters. The fraction of sp³-hybridized carbons (Fsp3) is 0.320. The predicted octanol–water partition coefficient (Wildman–Crippen LogP) is 15.5. The number of benzene rings is 5. The van der Waals surface area contributed by atoms with Crippen LogP contribution in [0.15, 0.2) is 102 Å². The molecule has 0 bridgehead atoms. The molecule has 0 nitrogen and oxygen atoms in total. The number of hydrogen-bond acceptors (Lipinski definition) is 0. The summed E-state index contributed by atoms with van der Waals surface area (Å²) in [7, 11) is 17.7. The van der Waals surface area contributed by atoms with Gasteiger partial charge in [0.1, 0.15) is 0 Å². The molecule has 0 heterocycles. The van der Waals surface area contributed by atoms with E-state index in [1.165, 1.54) is 94.6 Å². The summed E-state index contributed by atoms with van der Waals surface area (Å²) in [6.07, 6.45) is 4.95. The summed E-state index contributed by atoms with van der Waals surface area (Å²) in [4.78, 5) is 0. The summed E-state index contributed by atoms with van der Waals surface area (Å²) in [6.45, 7) is 27.6. The second kappa shape index (κ2) is 14.0. The van der Waals surface area contributed by atoms with Gasteiger partial charge in [-0.05, 0) is 0 Å². The van der Waals surface area contributed by atoms with Crippen molar-refractivity contribution in [2.75, 3.05) is 0 Å². The van der Waals surface area contributed by atoms with E-state index in [0.717, 1.165) is 0 Å². The molecule has 0 saturated heterocycles. The molecule has 4 heteroatoms. The normalized spacial score (nSPS) is 17.7. The fourth-order valence-electron chi connectivity index (χ4n) is 9.82. The molecule has 2 aliphatic carbocycles. The van der Waals surface area contributed by atoms with Gasteiger partial charge in [-0.25, -0.2) is 0 Å². The zero-order valence-corrected chi connectivity index (χ0v) is 39.5. The average molecular weight is 848 g/mol. The summed E-state index contributed by atoms with van der Waals surface area (Å²) in [6, 6.07) is 34.9. The molecule has 0 aromatic heterocycles. The van der Waals surface area contributed by atoms with E-state index >= 15 is 0 Å². The zero-order valence-electron chi connectivity index (χ0n) is 34.4. The average Bonchev–Trinajstić information content (AvgIpc) is 3.66. The Morgan fingerprint density at radius 1 is 0.574 bits per heavy atom. The summed E-state index contributed by atoms with van der Waals surface area (Å²) < 4.78 is 0.0545. The molecule has 0 radical (unpaired) electrons. The van der Waals surface area contributed by atoms with E-state index in [1.54, 1.807) is 0 Å². The quantitative estimate of drug-likeness (QED) is 0.143. The van der Waals surface area contributed by atoms with Crippen LogP contribution in [0.4, 0.5) is 0 Å². The van der Waals surface area contributed by atoms with Crippen LogP contribution in [-0.2, 0) is 21.0 Å². The van der Waals surface area contributed by atoms with E-state index in [0.29, 0.717) is 5.92 Å². The summed E-state index contributed by atoms with van der Waals surface area (Å²) in [5, 5.41) is 0. The Hall–Kier alpha value is -2.74. The van der Waals surface area contributed by atoms with E-state index in [1.807, 2.05) is 0 Å². The Morgan fingerprint density at radius 3 is 1.65 bits per heavy atom. The van der Waals surface area contributed by atoms with E-state index in [9.17, 15) is 0 Å². The van der Waals surface area contributed by atoms with Crippen LogP contribution in [0, 0.1) is 33.6 Å². The summed E-state index contributed by atoms with van der Waals surface area (Å²) in [5.74, 6) is -1.41. The van der Waals surface area contributed by atoms with Crippen LogP contribution < -0.4 is 0 Å². The summed E-state index contributed by atoms with van der Waals surface area (Å²) >= 11 is -5.00. The Bertz CT molecular complexity index is 2330. The molecule has 0 N–H and O–H groups in total. The van der Waals surface area contributed by atoms with Crippen LogP contribution in [0.25, 0.3) is 45.5 Å². The van der Waals surface area contributed by atoms with Crippen molar-refractivity contribution in [3.05, 3.63) is 152 Å². The van der Waals surface area contributed by atoms with Gasteiger partial charge in [0.15, 0.2) is 0 Å². The van der Waals surface area contributed by atoms with Gasteiger partial charge in [-0.15, -0.1) is 0 Å². The van der Waals surface area contributed by atoms with Gasteiger partial charge in [-0.2, -0.15) is 0 Å². The molecule has 5 aromatic carbocycles. The molecule has 54 heavy (non-hydrogen) atoms. The molecular formula is C50H57Cl2SiZr. The van der Waals surface area contributed by atoms with Crippen LogP contribution >= 0.6 is 17.0 Å². The van der Waals surface area contributed by atoms with Gasteiger partial charge in [-0.1, -0.05) is 0 Å². The third-order valence-electron chi connectivity index (χ3n) is 12.5. The van der Waals surface area contributed by atoms with Gasteiger partial charge in [-0.3, -0.25) is 0 Å². The maximum absolute atomic E-state index is 8.85. The summed E-state index contributed by atoms with van der Waals surface area (Å²) in [5.41, 5.74) is 22.1. The van der Waals surface area contributed by atoms with Crippen molar-refractivity contribution < 1.29 is 15.6 Å². The van der Waals surface area contributed by atoms with Crippen LogP contribution in [0.1, 0.15) is 98.9 Å². The Labute approximate surface area is 334 Å². The number of halogens is 2. The number of fused-ring (bicyclic) bond motifs is 2. The molecule has 2 atom stereocenters. The van der Waals surface area contributed by atoms with Crippen molar-refractivity contribution >= 4 is 35.1 Å². The number of hydrogen-bond donors (Lipinski definition) is 0. The van der Waals surface area contributed by atoms with Gasteiger partial charge >= 0.3 is 337 Å². The monoisotopic (exact) mass is 845 g/mol. The zero-order chi connectivity index (χ0) is 39.1. The molecule has 2 aliphatic rings. The first-order valence-electron chi connectivity index (χ1n) is 19.8. The van der Waals surface area contributed by atoms with Crippen LogP contribution in [0.5, 0.6) is 0 Å². The van der Waals surface area contributed by atoms with Crippen molar-refractivity contribution in [2.24, 2.45) is 5.92 Å². The van der Waals surface area contributed by atoms with Crippen LogP contribution in [0.2, 0.25) is 13.1 Å². The topological polar surface area (TPSA) is 0 Å². The van der Waals surface area contributed by atoms with Crippen LogP contribution in [0.3, 0.4) is 0 Å². The first kappa shape index (κ1) is 39.5. The van der Waals surface area contributed by atoms with E-state index in [4.69, 9.17) is 17.0 Å². The molecule has 0 spiro atoms. The third kappa shape index (κ3) is 6.66. The SMILES string of the molecule is CC1=Cc2c(-c3cc(C)cc(C)c3)cc(-c3cc(C)cc(C)c3)cc2[CH]1[Zr]([Cl])([Cl])([CH]1C(C(C)C)=Cc2c(-c3ccc(C(C)(C)C)cc3)cccc21)[SiH](C)C. The molecule has 0 fully saturated rings. The van der Waals surface area contributed by atoms with Gasteiger partial charge in [0.2, 0.25) is 0 Å². The maximum atomic E-state index is 8.85. The Morgan fingerprint density at radius 2 is 1.11 bits per heavy atom. The second-order valence-corrected chi connectivity index (χ2v) is 60.9. The van der Waals surface area contributed by atoms with Crippen molar-refractivity contribution in [1.82, 2.24) is 0 Å². The van der Waals surface area contributed by atoms with Crippen molar-refractivity contribution in [2.45, 2.75) is 95.0 Å². The molecule has 279 valence electrons. The van der Waals surface area contributed by atoms with E-state index in [2.05, 4.69) is 185 Å². The van der Waals surface area contributed by atoms with Crippen molar-refractivity contribution in [3.8, 4) is 33.4 Å². The number of rotatable bonds is 7. The minimum atomic E-state index is -5.00. The van der Waals surface area contributed by atoms with Crippen LogP contribution in [-0.4, -0.2) is 5.92 Å². The van der Waals surface area contributed by atoms with Gasteiger partial charge in [0, 0.05) is 0 Å². The van der Waals surface area contributed by atoms with Gasteiger partial charge < -0.3 is 0 Å². The molecule has 0 saturated carbocycles. The third-order valence-corrected chi connectivity index (χ3v) is 64.4. The van der Waals surface area contributed by atoms with Crippen molar-refractivity contribution in [3.63, 3.8) is 0 Å². The first-order chi connectivity index (χ1) is 25.3. The predicted molar refractivity (Wildman–Crippen MR) is 239 cm³/mol. The number of aryl methyl sites for hydroxylation is 4.